The SMILES string of the molecule is CC.CC.CCCN(CCC)S(=O)(=O)c1ccc(-c2nc(CCCC(=O)O)cs2)cc1. The number of sulfonamides is 1. The van der Waals surface area contributed by atoms with Crippen molar-refractivity contribution < 1.29 is 18.3 Å². The topological polar surface area (TPSA) is 87.6 Å². The van der Waals surface area contributed by atoms with Crippen molar-refractivity contribution in [1.82, 2.24) is 9.29 Å². The number of aryl methyl sites for hydroxylation is 1. The number of carbonyl (C=O) groups is 1. The van der Waals surface area contributed by atoms with E-state index in [1.54, 1.807) is 24.3 Å². The lowest BCUT2D eigenvalue weighted by Gasteiger charge is -2.21. The average Bonchev–Trinajstić information content (AvgIpc) is 3.25. The highest BCUT2D eigenvalue weighted by Gasteiger charge is 2.23. The minimum atomic E-state index is -3.48. The first-order valence-electron chi connectivity index (χ1n) is 11.1. The molecule has 0 saturated carbocycles. The second-order valence-electron chi connectivity index (χ2n) is 6.32. The van der Waals surface area contributed by atoms with Crippen LogP contribution in [-0.4, -0.2) is 41.9 Å². The predicted octanol–water partition coefficient (Wildman–Crippen LogP) is 6.08. The fourth-order valence-electron chi connectivity index (χ4n) is 2.74. The van der Waals surface area contributed by atoms with E-state index in [1.807, 2.05) is 46.9 Å². The molecule has 0 unspecified atom stereocenters. The molecule has 1 heterocycles. The number of aromatic nitrogens is 1. The quantitative estimate of drug-likeness (QED) is 0.430. The van der Waals surface area contributed by atoms with E-state index in [-0.39, 0.29) is 6.42 Å². The van der Waals surface area contributed by atoms with Gasteiger partial charge in [0.2, 0.25) is 10.0 Å². The summed E-state index contributed by atoms with van der Waals surface area (Å²) in [6.07, 6.45) is 2.87. The summed E-state index contributed by atoms with van der Waals surface area (Å²) in [4.78, 5) is 15.4. The highest BCUT2D eigenvalue weighted by Crippen LogP contribution is 2.26. The van der Waals surface area contributed by atoms with Crippen LogP contribution in [0, 0.1) is 0 Å². The van der Waals surface area contributed by atoms with Gasteiger partial charge in [0.15, 0.2) is 0 Å². The average molecular weight is 471 g/mol. The molecule has 0 bridgehead atoms. The summed E-state index contributed by atoms with van der Waals surface area (Å²) in [5.41, 5.74) is 1.73. The molecule has 2 rings (SSSR count). The fourth-order valence-corrected chi connectivity index (χ4v) is 5.23. The van der Waals surface area contributed by atoms with Crippen molar-refractivity contribution in [3.8, 4) is 10.6 Å². The first-order chi connectivity index (χ1) is 14.9. The molecule has 1 aromatic carbocycles. The molecule has 176 valence electrons. The second-order valence-corrected chi connectivity index (χ2v) is 9.12. The van der Waals surface area contributed by atoms with Gasteiger partial charge in [-0.3, -0.25) is 4.79 Å². The van der Waals surface area contributed by atoms with Crippen LogP contribution in [0.25, 0.3) is 10.6 Å². The zero-order valence-electron chi connectivity index (χ0n) is 19.7. The Morgan fingerprint density at radius 2 is 1.58 bits per heavy atom. The molecule has 2 aromatic rings. The van der Waals surface area contributed by atoms with Crippen LogP contribution in [0.1, 0.15) is 72.9 Å². The maximum atomic E-state index is 12.8. The van der Waals surface area contributed by atoms with Crippen LogP contribution < -0.4 is 0 Å². The Morgan fingerprint density at radius 3 is 2.06 bits per heavy atom. The largest absolute Gasteiger partial charge is 0.481 e. The lowest BCUT2D eigenvalue weighted by Crippen LogP contribution is -2.32. The van der Waals surface area contributed by atoms with Gasteiger partial charge in [0, 0.05) is 30.5 Å². The number of nitrogens with zero attached hydrogens (tertiary/aromatic N) is 2. The molecule has 0 aliphatic heterocycles. The van der Waals surface area contributed by atoms with Crippen LogP contribution in [-0.2, 0) is 21.2 Å². The first kappa shape index (κ1) is 29.2. The molecule has 0 radical (unpaired) electrons. The molecule has 0 fully saturated rings. The summed E-state index contributed by atoms with van der Waals surface area (Å²) in [7, 11) is -3.48. The number of carboxylic acids is 1. The summed E-state index contributed by atoms with van der Waals surface area (Å²) >= 11 is 1.48. The van der Waals surface area contributed by atoms with Crippen molar-refractivity contribution in [3.05, 3.63) is 35.3 Å². The third-order valence-corrected chi connectivity index (χ3v) is 6.91. The molecule has 0 atom stereocenters. The van der Waals surface area contributed by atoms with Gasteiger partial charge in [-0.1, -0.05) is 53.7 Å². The molecule has 0 saturated heterocycles. The summed E-state index contributed by atoms with van der Waals surface area (Å²) in [5.74, 6) is -0.803. The number of benzene rings is 1. The third-order valence-electron chi connectivity index (χ3n) is 4.06. The Kier molecular flexibility index (Phi) is 15.0. The van der Waals surface area contributed by atoms with Gasteiger partial charge >= 0.3 is 5.97 Å². The van der Waals surface area contributed by atoms with E-state index >= 15 is 0 Å². The van der Waals surface area contributed by atoms with Gasteiger partial charge in [-0.2, -0.15) is 4.31 Å². The number of rotatable bonds is 11. The van der Waals surface area contributed by atoms with Crippen molar-refractivity contribution in [3.63, 3.8) is 0 Å². The second kappa shape index (κ2) is 15.9. The molecule has 8 heteroatoms. The van der Waals surface area contributed by atoms with Gasteiger partial charge in [0.1, 0.15) is 5.01 Å². The van der Waals surface area contributed by atoms with E-state index in [4.69, 9.17) is 5.11 Å². The molecule has 0 spiro atoms. The van der Waals surface area contributed by atoms with Crippen LogP contribution in [0.5, 0.6) is 0 Å². The van der Waals surface area contributed by atoms with Crippen molar-refractivity contribution in [1.29, 1.82) is 0 Å². The van der Waals surface area contributed by atoms with Crippen LogP contribution >= 0.6 is 11.3 Å². The first-order valence-corrected chi connectivity index (χ1v) is 13.5. The fraction of sp³-hybridized carbons (Fsp3) is 0.565. The van der Waals surface area contributed by atoms with Crippen LogP contribution in [0.3, 0.4) is 0 Å². The molecule has 1 aromatic heterocycles. The van der Waals surface area contributed by atoms with Crippen LogP contribution in [0.4, 0.5) is 0 Å². The van der Waals surface area contributed by atoms with Gasteiger partial charge in [-0.05, 0) is 37.8 Å². The molecule has 0 aliphatic carbocycles. The number of aliphatic carboxylic acids is 1. The third kappa shape index (κ3) is 9.49. The van der Waals surface area contributed by atoms with E-state index in [0.29, 0.717) is 30.8 Å². The Hall–Kier alpha value is -1.77. The normalized spacial score (nSPS) is 10.7. The van der Waals surface area contributed by atoms with Gasteiger partial charge in [0.25, 0.3) is 0 Å². The van der Waals surface area contributed by atoms with E-state index in [9.17, 15) is 13.2 Å². The van der Waals surface area contributed by atoms with Crippen LogP contribution in [0.2, 0.25) is 0 Å². The molecular weight excluding hydrogens is 432 g/mol. The standard InChI is InChI=1S/C19H26N2O4S2.2C2H6/c1-3-12-21(13-4-2)27(24,25)17-10-8-15(9-11-17)19-20-16(14-26-19)6-5-7-18(22)23;2*1-2/h8-11,14H,3-7,12-13H2,1-2H3,(H,22,23);2*1-2H3. The van der Waals surface area contributed by atoms with E-state index in [2.05, 4.69) is 4.98 Å². The number of hydrogen-bond acceptors (Lipinski definition) is 5. The Bertz CT molecular complexity index is 841. The highest BCUT2D eigenvalue weighted by atomic mass is 32.2. The lowest BCUT2D eigenvalue weighted by molar-refractivity contribution is -0.137. The van der Waals surface area contributed by atoms with Gasteiger partial charge in [0.05, 0.1) is 10.6 Å². The molecule has 1 N–H and O–H groups in total. The van der Waals surface area contributed by atoms with Gasteiger partial charge in [-0.15, -0.1) is 11.3 Å². The molecular formula is C23H38N2O4S2. The number of thiazole rings is 1. The van der Waals surface area contributed by atoms with E-state index in [1.165, 1.54) is 15.6 Å². The Balaban J connectivity index is 0.00000212. The minimum Gasteiger partial charge on any atom is -0.481 e. The summed E-state index contributed by atoms with van der Waals surface area (Å²) in [5, 5.41) is 11.4. The van der Waals surface area contributed by atoms with Crippen molar-refractivity contribution in [2.45, 2.75) is 78.5 Å². The van der Waals surface area contributed by atoms with Crippen molar-refractivity contribution in [2.75, 3.05) is 13.1 Å². The van der Waals surface area contributed by atoms with E-state index in [0.717, 1.165) is 29.1 Å². The lowest BCUT2D eigenvalue weighted by atomic mass is 10.2. The maximum absolute atomic E-state index is 12.8. The highest BCUT2D eigenvalue weighted by molar-refractivity contribution is 7.89. The van der Waals surface area contributed by atoms with Crippen LogP contribution in [0.15, 0.2) is 34.5 Å². The Morgan fingerprint density at radius 1 is 1.03 bits per heavy atom. The Labute approximate surface area is 192 Å². The molecule has 0 amide bonds. The minimum absolute atomic E-state index is 0.130. The predicted molar refractivity (Wildman–Crippen MR) is 130 cm³/mol. The summed E-state index contributed by atoms with van der Waals surface area (Å²) in [6.45, 7) is 13.0. The smallest absolute Gasteiger partial charge is 0.303 e. The monoisotopic (exact) mass is 470 g/mol. The zero-order chi connectivity index (χ0) is 23.9. The van der Waals surface area contributed by atoms with Gasteiger partial charge < -0.3 is 5.11 Å². The van der Waals surface area contributed by atoms with Crippen molar-refractivity contribution in [2.24, 2.45) is 0 Å². The number of hydrogen-bond donors (Lipinski definition) is 1. The zero-order valence-corrected chi connectivity index (χ0v) is 21.4. The molecule has 0 aliphatic rings. The van der Waals surface area contributed by atoms with Crippen molar-refractivity contribution >= 4 is 27.3 Å². The van der Waals surface area contributed by atoms with Gasteiger partial charge in [-0.25, -0.2) is 13.4 Å². The number of carboxylic acid groups (broad SMARTS) is 1. The maximum Gasteiger partial charge on any atom is 0.303 e. The van der Waals surface area contributed by atoms with E-state index < -0.39 is 16.0 Å². The summed E-state index contributed by atoms with van der Waals surface area (Å²) in [6, 6.07) is 6.83. The summed E-state index contributed by atoms with van der Waals surface area (Å²) < 4.78 is 27.1. The molecule has 6 nitrogen and oxygen atoms in total. The molecule has 31 heavy (non-hydrogen) atoms.